The van der Waals surface area contributed by atoms with E-state index in [1.807, 2.05) is 6.92 Å². The zero-order valence-corrected chi connectivity index (χ0v) is 16.2. The summed E-state index contributed by atoms with van der Waals surface area (Å²) in [5, 5.41) is 0. The Hall–Kier alpha value is -1.93. The van der Waals surface area contributed by atoms with Gasteiger partial charge in [-0.3, -0.25) is 4.79 Å². The summed E-state index contributed by atoms with van der Waals surface area (Å²) in [6.45, 7) is 1.83. The normalized spacial score (nSPS) is 12.7. The van der Waals surface area contributed by atoms with Crippen molar-refractivity contribution in [3.8, 4) is 0 Å². The Kier molecular flexibility index (Phi) is 6.41. The maximum atomic E-state index is 13.2. The van der Waals surface area contributed by atoms with Gasteiger partial charge in [0, 0.05) is 18.2 Å². The van der Waals surface area contributed by atoms with Crippen molar-refractivity contribution in [2.24, 2.45) is 0 Å². The minimum absolute atomic E-state index is 0.0767. The molecule has 0 spiro atoms. The summed E-state index contributed by atoms with van der Waals surface area (Å²) < 4.78 is 49.1. The van der Waals surface area contributed by atoms with Crippen molar-refractivity contribution in [3.63, 3.8) is 0 Å². The first kappa shape index (κ1) is 20.4. The molecule has 0 bridgehead atoms. The predicted octanol–water partition coefficient (Wildman–Crippen LogP) is 3.68. The van der Waals surface area contributed by atoms with Crippen LogP contribution in [0, 0.1) is 11.6 Å². The van der Waals surface area contributed by atoms with Gasteiger partial charge >= 0.3 is 0 Å². The zero-order chi connectivity index (χ0) is 19.5. The first-order valence-corrected chi connectivity index (χ1v) is 10.6. The lowest BCUT2D eigenvalue weighted by molar-refractivity contribution is -0.128. The maximum Gasteiger partial charge on any atom is 0.233 e. The van der Waals surface area contributed by atoms with E-state index in [9.17, 15) is 22.0 Å². The predicted molar refractivity (Wildman–Crippen MR) is 97.8 cm³/mol. The van der Waals surface area contributed by atoms with Gasteiger partial charge in [0.2, 0.25) is 5.91 Å². The SMILES string of the molecule is CC(c1ccc(S(C)(=O)=O)cc1)N(C)C(=O)CSc1ccc(F)c(F)c1. The monoisotopic (exact) mass is 399 g/mol. The number of hydrogen-bond donors (Lipinski definition) is 0. The Morgan fingerprint density at radius 3 is 2.27 bits per heavy atom. The highest BCUT2D eigenvalue weighted by atomic mass is 32.2. The van der Waals surface area contributed by atoms with Crippen molar-refractivity contribution >= 4 is 27.5 Å². The summed E-state index contributed by atoms with van der Waals surface area (Å²) in [6.07, 6.45) is 1.14. The van der Waals surface area contributed by atoms with Crippen molar-refractivity contribution in [2.45, 2.75) is 22.8 Å². The van der Waals surface area contributed by atoms with Crippen molar-refractivity contribution < 1.29 is 22.0 Å². The van der Waals surface area contributed by atoms with Crippen molar-refractivity contribution in [1.82, 2.24) is 4.90 Å². The van der Waals surface area contributed by atoms with E-state index in [-0.39, 0.29) is 22.6 Å². The molecule has 8 heteroatoms. The highest BCUT2D eigenvalue weighted by molar-refractivity contribution is 8.00. The zero-order valence-electron chi connectivity index (χ0n) is 14.6. The number of rotatable bonds is 6. The smallest absolute Gasteiger partial charge is 0.233 e. The van der Waals surface area contributed by atoms with Gasteiger partial charge < -0.3 is 4.90 Å². The van der Waals surface area contributed by atoms with Crippen LogP contribution in [-0.4, -0.2) is 38.3 Å². The molecule has 140 valence electrons. The van der Waals surface area contributed by atoms with E-state index in [1.165, 1.54) is 23.1 Å². The molecule has 0 radical (unpaired) electrons. The molecule has 0 aliphatic rings. The van der Waals surface area contributed by atoms with Crippen LogP contribution in [0.5, 0.6) is 0 Å². The number of hydrogen-bond acceptors (Lipinski definition) is 4. The molecular formula is C18H19F2NO3S2. The molecule has 0 saturated carbocycles. The molecule has 0 aliphatic carbocycles. The number of carbonyl (C=O) groups excluding carboxylic acids is 1. The van der Waals surface area contributed by atoms with Crippen LogP contribution in [0.2, 0.25) is 0 Å². The van der Waals surface area contributed by atoms with Crippen molar-refractivity contribution in [2.75, 3.05) is 19.1 Å². The summed E-state index contributed by atoms with van der Waals surface area (Å²) in [6, 6.07) is 9.61. The van der Waals surface area contributed by atoms with Crippen LogP contribution in [0.25, 0.3) is 0 Å². The van der Waals surface area contributed by atoms with Crippen LogP contribution in [0.3, 0.4) is 0 Å². The third kappa shape index (κ3) is 5.04. The average molecular weight is 399 g/mol. The summed E-state index contributed by atoms with van der Waals surface area (Å²) in [5.41, 5.74) is 0.797. The Balaban J connectivity index is 2.01. The second kappa shape index (κ2) is 8.18. The molecular weight excluding hydrogens is 380 g/mol. The van der Waals surface area contributed by atoms with E-state index in [1.54, 1.807) is 19.2 Å². The van der Waals surface area contributed by atoms with E-state index >= 15 is 0 Å². The summed E-state index contributed by atoms with van der Waals surface area (Å²) in [4.78, 5) is 14.6. The topological polar surface area (TPSA) is 54.5 Å². The standard InChI is InChI=1S/C18H19F2NO3S2/c1-12(13-4-7-15(8-5-13)26(3,23)24)21(2)18(22)11-25-14-6-9-16(19)17(20)10-14/h4-10,12H,11H2,1-3H3. The summed E-state index contributed by atoms with van der Waals surface area (Å²) in [5.74, 6) is -1.98. The molecule has 0 aliphatic heterocycles. The third-order valence-corrected chi connectivity index (χ3v) is 6.13. The number of thioether (sulfide) groups is 1. The van der Waals surface area contributed by atoms with Gasteiger partial charge in [-0.2, -0.15) is 0 Å². The van der Waals surface area contributed by atoms with Gasteiger partial charge in [0.1, 0.15) is 0 Å². The molecule has 2 rings (SSSR count). The largest absolute Gasteiger partial charge is 0.338 e. The number of benzene rings is 2. The Morgan fingerprint density at radius 1 is 1.12 bits per heavy atom. The van der Waals surface area contributed by atoms with Gasteiger partial charge in [0.25, 0.3) is 0 Å². The Labute approximate surface area is 156 Å². The fourth-order valence-corrected chi connectivity index (χ4v) is 3.72. The molecule has 1 amide bonds. The Morgan fingerprint density at radius 2 is 1.73 bits per heavy atom. The molecule has 0 aromatic heterocycles. The summed E-state index contributed by atoms with van der Waals surface area (Å²) in [7, 11) is -1.63. The van der Waals surface area contributed by atoms with Crippen LogP contribution in [0.1, 0.15) is 18.5 Å². The van der Waals surface area contributed by atoms with E-state index < -0.39 is 21.5 Å². The van der Waals surface area contributed by atoms with E-state index in [4.69, 9.17) is 0 Å². The average Bonchev–Trinajstić information content (AvgIpc) is 2.60. The number of carbonyl (C=O) groups is 1. The first-order chi connectivity index (χ1) is 12.1. The van der Waals surface area contributed by atoms with Gasteiger partial charge in [-0.1, -0.05) is 12.1 Å². The lowest BCUT2D eigenvalue weighted by Gasteiger charge is -2.25. The second-order valence-electron chi connectivity index (χ2n) is 5.89. The van der Waals surface area contributed by atoms with Crippen LogP contribution >= 0.6 is 11.8 Å². The molecule has 4 nitrogen and oxygen atoms in total. The molecule has 0 fully saturated rings. The fraction of sp³-hybridized carbons (Fsp3) is 0.278. The molecule has 2 aromatic rings. The fourth-order valence-electron chi connectivity index (χ4n) is 2.25. The first-order valence-electron chi connectivity index (χ1n) is 7.73. The number of nitrogens with zero attached hydrogens (tertiary/aromatic N) is 1. The number of amides is 1. The number of halogens is 2. The highest BCUT2D eigenvalue weighted by Gasteiger charge is 2.18. The lowest BCUT2D eigenvalue weighted by atomic mass is 10.1. The van der Waals surface area contributed by atoms with Crippen molar-refractivity contribution in [3.05, 3.63) is 59.7 Å². The second-order valence-corrected chi connectivity index (χ2v) is 8.95. The minimum Gasteiger partial charge on any atom is -0.338 e. The molecule has 0 N–H and O–H groups in total. The summed E-state index contributed by atoms with van der Waals surface area (Å²) >= 11 is 1.12. The van der Waals surface area contributed by atoms with Gasteiger partial charge in [0.05, 0.1) is 16.7 Å². The van der Waals surface area contributed by atoms with Gasteiger partial charge in [-0.25, -0.2) is 17.2 Å². The van der Waals surface area contributed by atoms with Gasteiger partial charge in [-0.15, -0.1) is 11.8 Å². The molecule has 1 atom stereocenters. The van der Waals surface area contributed by atoms with E-state index in [0.717, 1.165) is 35.7 Å². The highest BCUT2D eigenvalue weighted by Crippen LogP contribution is 2.24. The van der Waals surface area contributed by atoms with E-state index in [0.29, 0.717) is 4.90 Å². The Bertz CT molecular complexity index is 899. The van der Waals surface area contributed by atoms with Crippen LogP contribution in [0.15, 0.2) is 52.3 Å². The molecule has 26 heavy (non-hydrogen) atoms. The van der Waals surface area contributed by atoms with Crippen molar-refractivity contribution in [1.29, 1.82) is 0 Å². The minimum atomic E-state index is -3.27. The van der Waals surface area contributed by atoms with Crippen LogP contribution in [-0.2, 0) is 14.6 Å². The number of sulfone groups is 1. The van der Waals surface area contributed by atoms with E-state index in [2.05, 4.69) is 0 Å². The maximum absolute atomic E-state index is 13.2. The quantitative estimate of drug-likeness (QED) is 0.696. The lowest BCUT2D eigenvalue weighted by Crippen LogP contribution is -2.31. The molecule has 1 unspecified atom stereocenters. The third-order valence-electron chi connectivity index (χ3n) is 4.02. The van der Waals surface area contributed by atoms with Crippen LogP contribution < -0.4 is 0 Å². The van der Waals surface area contributed by atoms with Gasteiger partial charge in [-0.05, 0) is 42.8 Å². The van der Waals surface area contributed by atoms with Gasteiger partial charge in [0.15, 0.2) is 21.5 Å². The molecule has 2 aromatic carbocycles. The molecule has 0 saturated heterocycles. The van der Waals surface area contributed by atoms with Crippen LogP contribution in [0.4, 0.5) is 8.78 Å². The molecule has 0 heterocycles.